The third-order valence-corrected chi connectivity index (χ3v) is 13.1. The first kappa shape index (κ1) is 91.2. The maximum absolute atomic E-state index is 12.8. The van der Waals surface area contributed by atoms with Gasteiger partial charge in [0.1, 0.15) is 33.8 Å². The molecule has 4 rings (SSSR count). The smallest absolute Gasteiger partial charge is 1.00 e. The molecule has 23 nitrogen and oxygen atoms in total. The Morgan fingerprint density at radius 2 is 0.871 bits per heavy atom. The summed E-state index contributed by atoms with van der Waals surface area (Å²) in [6, 6.07) is 27.3. The van der Waals surface area contributed by atoms with Crippen molar-refractivity contribution in [1.29, 1.82) is 0 Å². The Kier molecular flexibility index (Phi) is 46.3. The molecular weight excluding hydrogens is 1520 g/mol. The number of alkyl carbamates (subject to hydrolysis) is 2. The van der Waals surface area contributed by atoms with Gasteiger partial charge in [-0.1, -0.05) is 86.8 Å². The predicted octanol–water partition coefficient (Wildman–Crippen LogP) is 5.10. The Labute approximate surface area is 680 Å². The molecule has 0 atom stereocenters. The van der Waals surface area contributed by atoms with E-state index in [1.54, 1.807) is 142 Å². The van der Waals surface area contributed by atoms with E-state index in [4.69, 9.17) is 84.5 Å². The molecule has 0 radical (unpaired) electrons. The minimum absolute atomic E-state index is 0. The fourth-order valence-electron chi connectivity index (χ4n) is 7.34. The van der Waals surface area contributed by atoms with Crippen LogP contribution in [0.2, 0.25) is 10.0 Å². The van der Waals surface area contributed by atoms with Gasteiger partial charge in [-0.15, -0.1) is 0 Å². The number of carboxylic acids is 1. The third kappa shape index (κ3) is 37.5. The van der Waals surface area contributed by atoms with E-state index in [0.29, 0.717) is 71.4 Å². The van der Waals surface area contributed by atoms with E-state index >= 15 is 0 Å². The van der Waals surface area contributed by atoms with Crippen LogP contribution in [0.25, 0.3) is 0 Å². The molecule has 93 heavy (non-hydrogen) atoms. The van der Waals surface area contributed by atoms with Crippen molar-refractivity contribution in [2.75, 3.05) is 33.1 Å². The summed E-state index contributed by atoms with van der Waals surface area (Å²) in [5, 5.41) is 29.5. The minimum Gasteiger partial charge on any atom is -1.00 e. The second-order valence-electron chi connectivity index (χ2n) is 22.4. The van der Waals surface area contributed by atoms with Crippen molar-refractivity contribution in [2.24, 2.45) is 0 Å². The van der Waals surface area contributed by atoms with Crippen molar-refractivity contribution < 1.29 is 237 Å². The van der Waals surface area contributed by atoms with Crippen LogP contribution in [0, 0.1) is 0 Å². The van der Waals surface area contributed by atoms with Gasteiger partial charge in [0.05, 0.1) is 8.52 Å². The summed E-state index contributed by atoms with van der Waals surface area (Å²) < 4.78 is 52.3. The second kappa shape index (κ2) is 47.2. The summed E-state index contributed by atoms with van der Waals surface area (Å²) in [7, 11) is -1.00. The number of nitrogens with one attached hydrogen (secondary N) is 4. The number of alkyl halides is 2. The molecule has 4 aromatic rings. The maximum atomic E-state index is 12.8. The molecular formula is C64H88Cl3Cs2FN4O19. The van der Waals surface area contributed by atoms with Gasteiger partial charge >= 0.3 is 174 Å². The molecule has 5 N–H and O–H groups in total. The average molecular weight is 1610 g/mol. The molecule has 0 fully saturated rings. The zero-order valence-corrected chi connectivity index (χ0v) is 70.7. The number of aliphatic carboxylic acids is 1. The van der Waals surface area contributed by atoms with E-state index in [1.165, 1.54) is 27.7 Å². The van der Waals surface area contributed by atoms with Crippen molar-refractivity contribution in [3.8, 4) is 11.5 Å². The van der Waals surface area contributed by atoms with Gasteiger partial charge in [-0.3, -0.25) is 18.8 Å². The minimum atomic E-state index is -1.39. The number of hydrogen-bond acceptors (Lipinski definition) is 18. The Bertz CT molecular complexity index is 2940. The van der Waals surface area contributed by atoms with Crippen LogP contribution in [0.1, 0.15) is 157 Å². The number of halogens is 4. The van der Waals surface area contributed by atoms with Crippen LogP contribution in [-0.2, 0) is 65.4 Å². The molecule has 0 aliphatic rings. The van der Waals surface area contributed by atoms with E-state index in [-0.39, 0.29) is 176 Å². The van der Waals surface area contributed by atoms with Crippen LogP contribution in [-0.4, -0.2) is 126 Å². The van der Waals surface area contributed by atoms with Crippen molar-refractivity contribution in [3.05, 3.63) is 129 Å². The van der Waals surface area contributed by atoms with E-state index < -0.39 is 83.5 Å². The van der Waals surface area contributed by atoms with Gasteiger partial charge < -0.3 is 71.1 Å². The largest absolute Gasteiger partial charge is 1.00 e. The Morgan fingerprint density at radius 1 is 0.559 bits per heavy atom. The summed E-state index contributed by atoms with van der Waals surface area (Å²) in [5.41, 5.74) is -3.39. The molecule has 4 amide bonds. The van der Waals surface area contributed by atoms with Gasteiger partial charge in [0.2, 0.25) is 6.79 Å². The first-order chi connectivity index (χ1) is 42.9. The van der Waals surface area contributed by atoms with Crippen molar-refractivity contribution in [1.82, 2.24) is 21.3 Å². The first-order valence-electron chi connectivity index (χ1n) is 29.2. The first-order valence-corrected chi connectivity index (χ1v) is 29.8. The van der Waals surface area contributed by atoms with Crippen molar-refractivity contribution >= 4 is 89.2 Å². The maximum Gasteiger partial charge on any atom is 1.00 e. The van der Waals surface area contributed by atoms with Crippen molar-refractivity contribution in [2.45, 2.75) is 169 Å². The molecule has 0 unspecified atom stereocenters. The number of ether oxygens (including phenoxy) is 7. The van der Waals surface area contributed by atoms with Crippen molar-refractivity contribution in [3.63, 3.8) is 0 Å². The molecule has 4 aromatic carbocycles. The summed E-state index contributed by atoms with van der Waals surface area (Å²) >= 11 is 17.0. The normalized spacial score (nSPS) is 11.0. The number of carbonyl (C=O) groups excluding carboxylic acids is 8. The number of amides is 4. The van der Waals surface area contributed by atoms with Crippen LogP contribution in [0.3, 0.4) is 0 Å². The number of benzene rings is 4. The summed E-state index contributed by atoms with van der Waals surface area (Å²) in [6.45, 7) is 23.6. The van der Waals surface area contributed by atoms with Gasteiger partial charge in [-0.25, -0.2) is 28.8 Å². The van der Waals surface area contributed by atoms with Gasteiger partial charge in [-0.2, -0.15) is 0 Å². The molecule has 508 valence electrons. The van der Waals surface area contributed by atoms with Gasteiger partial charge in [-0.05, 0) is 192 Å². The quantitative estimate of drug-likeness (QED) is 0.0104. The van der Waals surface area contributed by atoms with E-state index in [9.17, 15) is 42.7 Å². The number of carboxylic acid groups (broad SMARTS) is 1. The average Bonchev–Trinajstić information content (AvgIpc) is 0.880. The van der Waals surface area contributed by atoms with Crippen LogP contribution in [0.5, 0.6) is 11.5 Å². The second-order valence-corrected chi connectivity index (χ2v) is 23.5. The molecule has 0 aliphatic heterocycles. The molecule has 29 heteroatoms. The summed E-state index contributed by atoms with van der Waals surface area (Å²) in [4.78, 5) is 108. The van der Waals surface area contributed by atoms with E-state index in [1.807, 2.05) is 24.3 Å². The standard InChI is InChI=1S/C31H41ClN2O8.C19H20ClNO4.C12H22ClNO4.CH3F.CH2O3.2Cs.H/c1-8-31(9-2,34-28(38)42-29(3,4)5)27(37)40-20-39-26(36)30(6,7)41-24-16-10-21(11-17-24)18-19-33-25(35)22-12-14-23(32)15-13-22;1-19(2,18(23)24)25-16-9-3-13(4-10-16)11-12-21-17(22)14-5-7-15(20)8-6-14;1-6-12(7-2,9(15)17-8-13)14-10(16)18-11(3,4)5;1-2;2-1-4-3;;;/h10-17H,8-9,18-20H2,1-7H3,(H,33,35)(H,34,38);3-10H,11-12H2,1-2H3,(H,21,22)(H,23,24);6-8H2,1-5H3,(H,14,16);1H3;1,3H;;;/q;;;;;2*+1;-1/p-1/i;;;1D;;;;. The van der Waals surface area contributed by atoms with Crippen LogP contribution < -0.4 is 174 Å². The predicted molar refractivity (Wildman–Crippen MR) is 339 cm³/mol. The molecule has 0 heterocycles. The van der Waals surface area contributed by atoms with E-state index in [0.717, 1.165) is 11.1 Å². The number of hydrogen-bond donors (Lipinski definition) is 5. The molecule has 0 saturated carbocycles. The van der Waals surface area contributed by atoms with Gasteiger partial charge in [0.25, 0.3) is 18.3 Å². The van der Waals surface area contributed by atoms with E-state index in [2.05, 4.69) is 26.2 Å². The van der Waals surface area contributed by atoms with Crippen LogP contribution in [0.4, 0.5) is 14.0 Å². The summed E-state index contributed by atoms with van der Waals surface area (Å²) in [5.74, 6) is -2.49. The van der Waals surface area contributed by atoms with Gasteiger partial charge in [0, 0.05) is 34.3 Å². The van der Waals surface area contributed by atoms with Crippen LogP contribution in [0.15, 0.2) is 97.1 Å². The molecule has 0 aromatic heterocycles. The third-order valence-electron chi connectivity index (χ3n) is 12.5. The molecule has 0 spiro atoms. The fourth-order valence-corrected chi connectivity index (χ4v) is 7.69. The number of carbonyl (C=O) groups is 9. The monoisotopic (exact) mass is 1610 g/mol. The van der Waals surface area contributed by atoms with Crippen LogP contribution >= 0.6 is 34.8 Å². The molecule has 0 saturated heterocycles. The van der Waals surface area contributed by atoms with Gasteiger partial charge in [0.15, 0.2) is 17.3 Å². The number of rotatable bonds is 26. The Hall–Kier alpha value is -3.83. The SMILES string of the molecule is CC(C)(Oc1ccc(CCNC(=O)c2ccc(Cl)cc2)cc1)C(=O)O.CCC(CC)(NC(=O)OC(C)(C)C)C(=O)OCCl.CCC(CC)(NC(=O)OC(C)(C)C)C(=O)OCOC(=O)C(C)(C)Oc1ccc(CCNC(=O)c2ccc(Cl)cc2)cc1.O=CO[O-].[2H]CF.[Cs+].[Cs+].[H-]. The number of esters is 3. The molecule has 0 aliphatic carbocycles. The zero-order valence-electron chi connectivity index (χ0n) is 57.9. The Balaban J connectivity index is -0.000000663. The Morgan fingerprint density at radius 3 is 1.16 bits per heavy atom. The summed E-state index contributed by atoms with van der Waals surface area (Å²) in [6.07, 6.45) is 1.15. The zero-order chi connectivity index (χ0) is 70.5. The molecule has 0 bridgehead atoms. The fraction of sp³-hybridized carbons (Fsp3) is 0.484. The topological polar surface area (TPSA) is 319 Å².